The van der Waals surface area contributed by atoms with Gasteiger partial charge in [-0.2, -0.15) is 0 Å². The standard InChI is InChI=1S/C14H20N2O/c1-9(11-3-4-11)14(17)16-10(2)12-5-7-13(15)8-6-12/h5-11H,3-4,15H2,1-2H3,(H,16,17). The van der Waals surface area contributed by atoms with Crippen LogP contribution >= 0.6 is 0 Å². The molecule has 0 spiro atoms. The van der Waals surface area contributed by atoms with Gasteiger partial charge in [-0.05, 0) is 43.4 Å². The van der Waals surface area contributed by atoms with E-state index in [0.717, 1.165) is 11.3 Å². The SMILES string of the molecule is CC(NC(=O)C(C)C1CC1)c1ccc(N)cc1. The first-order valence-electron chi connectivity index (χ1n) is 6.23. The number of nitrogens with one attached hydrogen (secondary N) is 1. The Bertz CT molecular complexity index is 395. The Morgan fingerprint density at radius 1 is 1.29 bits per heavy atom. The lowest BCUT2D eigenvalue weighted by Gasteiger charge is -2.17. The molecule has 17 heavy (non-hydrogen) atoms. The van der Waals surface area contributed by atoms with E-state index in [1.807, 2.05) is 38.1 Å². The summed E-state index contributed by atoms with van der Waals surface area (Å²) in [6, 6.07) is 7.69. The Kier molecular flexibility index (Phi) is 3.36. The highest BCUT2D eigenvalue weighted by Crippen LogP contribution is 2.36. The van der Waals surface area contributed by atoms with Crippen molar-refractivity contribution in [3.63, 3.8) is 0 Å². The molecule has 3 nitrogen and oxygen atoms in total. The molecule has 1 aliphatic rings. The van der Waals surface area contributed by atoms with Crippen LogP contribution in [0.2, 0.25) is 0 Å². The van der Waals surface area contributed by atoms with E-state index >= 15 is 0 Å². The predicted octanol–water partition coefficient (Wildman–Crippen LogP) is 2.49. The summed E-state index contributed by atoms with van der Waals surface area (Å²) in [5.74, 6) is 0.914. The number of amides is 1. The normalized spacial score (nSPS) is 18.5. The molecule has 0 heterocycles. The van der Waals surface area contributed by atoms with Crippen molar-refractivity contribution in [2.75, 3.05) is 5.73 Å². The van der Waals surface area contributed by atoms with Gasteiger partial charge in [-0.15, -0.1) is 0 Å². The van der Waals surface area contributed by atoms with E-state index in [0.29, 0.717) is 5.92 Å². The molecule has 0 aliphatic heterocycles. The van der Waals surface area contributed by atoms with Crippen molar-refractivity contribution < 1.29 is 4.79 Å². The van der Waals surface area contributed by atoms with Crippen molar-refractivity contribution in [1.29, 1.82) is 0 Å². The van der Waals surface area contributed by atoms with Crippen LogP contribution in [-0.2, 0) is 4.79 Å². The molecule has 1 fully saturated rings. The number of benzene rings is 1. The van der Waals surface area contributed by atoms with Crippen molar-refractivity contribution in [2.24, 2.45) is 11.8 Å². The fourth-order valence-electron chi connectivity index (χ4n) is 2.02. The molecule has 1 aromatic carbocycles. The molecule has 1 aromatic rings. The van der Waals surface area contributed by atoms with Gasteiger partial charge in [-0.3, -0.25) is 4.79 Å². The number of hydrogen-bond acceptors (Lipinski definition) is 2. The fraction of sp³-hybridized carbons (Fsp3) is 0.500. The van der Waals surface area contributed by atoms with E-state index in [-0.39, 0.29) is 17.9 Å². The third-order valence-electron chi connectivity index (χ3n) is 3.54. The molecular formula is C14H20N2O. The van der Waals surface area contributed by atoms with Gasteiger partial charge in [0.25, 0.3) is 0 Å². The van der Waals surface area contributed by atoms with Crippen molar-refractivity contribution in [3.05, 3.63) is 29.8 Å². The number of carbonyl (C=O) groups excluding carboxylic acids is 1. The lowest BCUT2D eigenvalue weighted by molar-refractivity contribution is -0.125. The Labute approximate surface area is 102 Å². The van der Waals surface area contributed by atoms with Crippen molar-refractivity contribution >= 4 is 11.6 Å². The number of anilines is 1. The van der Waals surface area contributed by atoms with Crippen LogP contribution in [0.15, 0.2) is 24.3 Å². The number of nitrogen functional groups attached to an aromatic ring is 1. The molecule has 3 heteroatoms. The molecule has 3 N–H and O–H groups in total. The van der Waals surface area contributed by atoms with Gasteiger partial charge in [0.1, 0.15) is 0 Å². The third-order valence-corrected chi connectivity index (χ3v) is 3.54. The van der Waals surface area contributed by atoms with Crippen LogP contribution in [0.3, 0.4) is 0 Å². The molecule has 92 valence electrons. The minimum absolute atomic E-state index is 0.0456. The molecule has 0 saturated heterocycles. The smallest absolute Gasteiger partial charge is 0.223 e. The average molecular weight is 232 g/mol. The van der Waals surface area contributed by atoms with E-state index < -0.39 is 0 Å². The van der Waals surface area contributed by atoms with Gasteiger partial charge in [-0.25, -0.2) is 0 Å². The monoisotopic (exact) mass is 232 g/mol. The van der Waals surface area contributed by atoms with Crippen LogP contribution in [0, 0.1) is 11.8 Å². The maximum absolute atomic E-state index is 11.9. The van der Waals surface area contributed by atoms with Crippen LogP contribution in [0.25, 0.3) is 0 Å². The number of carbonyl (C=O) groups is 1. The fourth-order valence-corrected chi connectivity index (χ4v) is 2.02. The first-order chi connectivity index (χ1) is 8.08. The van der Waals surface area contributed by atoms with Crippen LogP contribution < -0.4 is 11.1 Å². The van der Waals surface area contributed by atoms with Crippen molar-refractivity contribution in [1.82, 2.24) is 5.32 Å². The molecular weight excluding hydrogens is 212 g/mol. The molecule has 2 atom stereocenters. The summed E-state index contributed by atoms with van der Waals surface area (Å²) in [7, 11) is 0. The molecule has 0 bridgehead atoms. The highest BCUT2D eigenvalue weighted by Gasteiger charge is 2.32. The van der Waals surface area contributed by atoms with Crippen molar-refractivity contribution in [3.8, 4) is 0 Å². The van der Waals surface area contributed by atoms with E-state index in [4.69, 9.17) is 5.73 Å². The Morgan fingerprint density at radius 3 is 2.41 bits per heavy atom. The van der Waals surface area contributed by atoms with Gasteiger partial charge in [-0.1, -0.05) is 19.1 Å². The summed E-state index contributed by atoms with van der Waals surface area (Å²) in [6.45, 7) is 4.02. The number of nitrogens with two attached hydrogens (primary N) is 1. The van der Waals surface area contributed by atoms with Crippen molar-refractivity contribution in [2.45, 2.75) is 32.7 Å². The zero-order valence-corrected chi connectivity index (χ0v) is 10.4. The second-order valence-corrected chi connectivity index (χ2v) is 5.02. The van der Waals surface area contributed by atoms with Crippen LogP contribution in [0.1, 0.15) is 38.3 Å². The average Bonchev–Trinajstić information content (AvgIpc) is 3.12. The van der Waals surface area contributed by atoms with Gasteiger partial charge in [0.05, 0.1) is 6.04 Å². The number of rotatable bonds is 4. The highest BCUT2D eigenvalue weighted by atomic mass is 16.1. The van der Waals surface area contributed by atoms with Gasteiger partial charge in [0.2, 0.25) is 5.91 Å². The van der Waals surface area contributed by atoms with E-state index in [1.54, 1.807) is 0 Å². The van der Waals surface area contributed by atoms with Gasteiger partial charge in [0, 0.05) is 11.6 Å². The molecule has 1 aliphatic carbocycles. The Hall–Kier alpha value is -1.51. The second-order valence-electron chi connectivity index (χ2n) is 5.02. The van der Waals surface area contributed by atoms with Crippen LogP contribution in [0.5, 0.6) is 0 Å². The van der Waals surface area contributed by atoms with Gasteiger partial charge in [0.15, 0.2) is 0 Å². The van der Waals surface area contributed by atoms with Gasteiger partial charge < -0.3 is 11.1 Å². The zero-order valence-electron chi connectivity index (χ0n) is 10.4. The first kappa shape index (κ1) is 12.0. The summed E-state index contributed by atoms with van der Waals surface area (Å²) in [5.41, 5.74) is 7.48. The largest absolute Gasteiger partial charge is 0.399 e. The molecule has 0 radical (unpaired) electrons. The highest BCUT2D eigenvalue weighted by molar-refractivity contribution is 5.79. The van der Waals surface area contributed by atoms with E-state index in [2.05, 4.69) is 5.32 Å². The van der Waals surface area contributed by atoms with E-state index in [1.165, 1.54) is 12.8 Å². The second kappa shape index (κ2) is 4.78. The summed E-state index contributed by atoms with van der Waals surface area (Å²) in [5, 5.41) is 3.06. The Balaban J connectivity index is 1.93. The summed E-state index contributed by atoms with van der Waals surface area (Å²) >= 11 is 0. The van der Waals surface area contributed by atoms with Gasteiger partial charge >= 0.3 is 0 Å². The summed E-state index contributed by atoms with van der Waals surface area (Å²) in [6.07, 6.45) is 2.40. The molecule has 2 unspecified atom stereocenters. The van der Waals surface area contributed by atoms with Crippen LogP contribution in [-0.4, -0.2) is 5.91 Å². The predicted molar refractivity (Wildman–Crippen MR) is 69.3 cm³/mol. The lowest BCUT2D eigenvalue weighted by atomic mass is 10.0. The summed E-state index contributed by atoms with van der Waals surface area (Å²) < 4.78 is 0. The molecule has 0 aromatic heterocycles. The number of hydrogen-bond donors (Lipinski definition) is 2. The lowest BCUT2D eigenvalue weighted by Crippen LogP contribution is -2.32. The quantitative estimate of drug-likeness (QED) is 0.784. The summed E-state index contributed by atoms with van der Waals surface area (Å²) in [4.78, 5) is 11.9. The maximum atomic E-state index is 11.9. The molecule has 1 saturated carbocycles. The minimum Gasteiger partial charge on any atom is -0.399 e. The zero-order chi connectivity index (χ0) is 12.4. The van der Waals surface area contributed by atoms with E-state index in [9.17, 15) is 4.79 Å². The molecule has 2 rings (SSSR count). The van der Waals surface area contributed by atoms with Crippen LogP contribution in [0.4, 0.5) is 5.69 Å². The maximum Gasteiger partial charge on any atom is 0.223 e. The first-order valence-corrected chi connectivity index (χ1v) is 6.23. The Morgan fingerprint density at radius 2 is 1.88 bits per heavy atom. The topological polar surface area (TPSA) is 55.1 Å². The third kappa shape index (κ3) is 2.99. The molecule has 1 amide bonds. The minimum atomic E-state index is 0.0456.